The largest absolute Gasteiger partial charge is 0.122 e. The van der Waals surface area contributed by atoms with Gasteiger partial charge in [-0.3, -0.25) is 0 Å². The summed E-state index contributed by atoms with van der Waals surface area (Å²) in [6, 6.07) is 13.8. The molecule has 0 N–H and O–H groups in total. The summed E-state index contributed by atoms with van der Waals surface area (Å²) < 4.78 is 1.03. The number of rotatable bonds is 2. The molecule has 0 heterocycles. The summed E-state index contributed by atoms with van der Waals surface area (Å²) in [4.78, 5) is 0. The second kappa shape index (κ2) is 5.22. The maximum atomic E-state index is 6.17. The Bertz CT molecular complexity index is 509. The minimum atomic E-state index is 0.472. The third kappa shape index (κ3) is 2.42. The Morgan fingerprint density at radius 3 is 2.44 bits per heavy atom. The Hall–Kier alpha value is -0.500. The van der Waals surface area contributed by atoms with Crippen molar-refractivity contribution in [3.05, 3.63) is 57.5 Å². The van der Waals surface area contributed by atoms with Gasteiger partial charge in [-0.05, 0) is 29.3 Å². The minimum absolute atomic E-state index is 0.472. The van der Waals surface area contributed by atoms with Crippen LogP contribution in [0.5, 0.6) is 0 Å². The van der Waals surface area contributed by atoms with Gasteiger partial charge in [0.05, 0.1) is 0 Å². The summed E-state index contributed by atoms with van der Waals surface area (Å²) >= 11 is 15.6. The molecule has 0 aromatic heterocycles. The van der Waals surface area contributed by atoms with Crippen LogP contribution in [-0.2, 0) is 5.88 Å². The number of hydrogen-bond acceptors (Lipinski definition) is 0. The molecule has 0 spiro atoms. The molecule has 0 fully saturated rings. The van der Waals surface area contributed by atoms with Gasteiger partial charge < -0.3 is 0 Å². The van der Waals surface area contributed by atoms with Crippen LogP contribution in [0.1, 0.15) is 5.56 Å². The van der Waals surface area contributed by atoms with Crippen LogP contribution in [-0.4, -0.2) is 0 Å². The Labute approximate surface area is 113 Å². The molecule has 0 atom stereocenters. The van der Waals surface area contributed by atoms with E-state index in [1.165, 1.54) is 0 Å². The lowest BCUT2D eigenvalue weighted by atomic mass is 10.0. The molecule has 16 heavy (non-hydrogen) atoms. The highest BCUT2D eigenvalue weighted by atomic mass is 79.9. The van der Waals surface area contributed by atoms with Crippen LogP contribution in [0.2, 0.25) is 5.02 Å². The van der Waals surface area contributed by atoms with Crippen LogP contribution in [0.15, 0.2) is 46.9 Å². The van der Waals surface area contributed by atoms with Crippen molar-refractivity contribution < 1.29 is 0 Å². The van der Waals surface area contributed by atoms with Gasteiger partial charge in [0.25, 0.3) is 0 Å². The van der Waals surface area contributed by atoms with Gasteiger partial charge in [0.1, 0.15) is 0 Å². The Morgan fingerprint density at radius 2 is 1.75 bits per heavy atom. The van der Waals surface area contributed by atoms with Crippen LogP contribution < -0.4 is 0 Å². The van der Waals surface area contributed by atoms with E-state index in [0.29, 0.717) is 5.88 Å². The molecule has 2 rings (SSSR count). The quantitative estimate of drug-likeness (QED) is 0.641. The molecule has 0 saturated carbocycles. The van der Waals surface area contributed by atoms with Gasteiger partial charge in [-0.25, -0.2) is 0 Å². The van der Waals surface area contributed by atoms with Gasteiger partial charge >= 0.3 is 0 Å². The molecule has 2 aromatic rings. The van der Waals surface area contributed by atoms with Gasteiger partial charge in [-0.1, -0.05) is 51.8 Å². The first-order chi connectivity index (χ1) is 7.72. The lowest BCUT2D eigenvalue weighted by molar-refractivity contribution is 1.38. The molecule has 0 unspecified atom stereocenters. The normalized spacial score (nSPS) is 10.4. The standard InChI is InChI=1S/C13H9BrCl2/c14-10-5-6-11(9(7-10)8-15)12-3-1-2-4-13(12)16/h1-7H,8H2. The van der Waals surface area contributed by atoms with Crippen molar-refractivity contribution >= 4 is 39.1 Å². The van der Waals surface area contributed by atoms with Crippen molar-refractivity contribution in [2.24, 2.45) is 0 Å². The molecular formula is C13H9BrCl2. The van der Waals surface area contributed by atoms with E-state index in [-0.39, 0.29) is 0 Å². The zero-order valence-electron chi connectivity index (χ0n) is 8.38. The second-order valence-corrected chi connectivity index (χ2v) is 5.01. The molecule has 0 aliphatic heterocycles. The van der Waals surface area contributed by atoms with E-state index >= 15 is 0 Å². The van der Waals surface area contributed by atoms with Crippen LogP contribution in [0.3, 0.4) is 0 Å². The molecule has 3 heteroatoms. The lowest BCUT2D eigenvalue weighted by Gasteiger charge is -2.09. The lowest BCUT2D eigenvalue weighted by Crippen LogP contribution is -1.87. The molecule has 0 saturated heterocycles. The van der Waals surface area contributed by atoms with Gasteiger partial charge in [-0.15, -0.1) is 11.6 Å². The third-order valence-electron chi connectivity index (χ3n) is 2.38. The van der Waals surface area contributed by atoms with Crippen molar-refractivity contribution in [1.29, 1.82) is 0 Å². The summed E-state index contributed by atoms with van der Waals surface area (Å²) in [5, 5.41) is 0.746. The van der Waals surface area contributed by atoms with E-state index in [1.54, 1.807) is 0 Å². The second-order valence-electron chi connectivity index (χ2n) is 3.41. The SMILES string of the molecule is ClCc1cc(Br)ccc1-c1ccccc1Cl. The number of hydrogen-bond donors (Lipinski definition) is 0. The van der Waals surface area contributed by atoms with Gasteiger partial charge in [0.15, 0.2) is 0 Å². The van der Waals surface area contributed by atoms with Crippen molar-refractivity contribution in [3.63, 3.8) is 0 Å². The smallest absolute Gasteiger partial charge is 0.0484 e. The Balaban J connectivity index is 2.60. The number of alkyl halides is 1. The maximum Gasteiger partial charge on any atom is 0.0484 e. The molecule has 0 amide bonds. The molecule has 2 aromatic carbocycles. The zero-order valence-corrected chi connectivity index (χ0v) is 11.5. The summed E-state index contributed by atoms with van der Waals surface area (Å²) in [6.07, 6.45) is 0. The number of benzene rings is 2. The van der Waals surface area contributed by atoms with Crippen LogP contribution >= 0.6 is 39.1 Å². The highest BCUT2D eigenvalue weighted by molar-refractivity contribution is 9.10. The summed E-state index contributed by atoms with van der Waals surface area (Å²) in [7, 11) is 0. The first-order valence-corrected chi connectivity index (χ1v) is 6.52. The van der Waals surface area contributed by atoms with Crippen LogP contribution in [0.4, 0.5) is 0 Å². The molecule has 0 aliphatic carbocycles. The fourth-order valence-electron chi connectivity index (χ4n) is 1.62. The van der Waals surface area contributed by atoms with Gasteiger partial charge in [0, 0.05) is 20.9 Å². The minimum Gasteiger partial charge on any atom is -0.122 e. The van der Waals surface area contributed by atoms with Crippen molar-refractivity contribution in [1.82, 2.24) is 0 Å². The third-order valence-corrected chi connectivity index (χ3v) is 3.49. The first-order valence-electron chi connectivity index (χ1n) is 4.81. The van der Waals surface area contributed by atoms with E-state index in [9.17, 15) is 0 Å². The predicted molar refractivity (Wildman–Crippen MR) is 74.1 cm³/mol. The average Bonchev–Trinajstić information content (AvgIpc) is 2.30. The fourth-order valence-corrected chi connectivity index (χ4v) is 2.48. The molecule has 0 nitrogen and oxygen atoms in total. The van der Waals surface area contributed by atoms with Crippen molar-refractivity contribution in [2.45, 2.75) is 5.88 Å². The Kier molecular flexibility index (Phi) is 3.91. The zero-order chi connectivity index (χ0) is 11.5. The van der Waals surface area contributed by atoms with E-state index < -0.39 is 0 Å². The Morgan fingerprint density at radius 1 is 1.00 bits per heavy atom. The van der Waals surface area contributed by atoms with E-state index in [1.807, 2.05) is 42.5 Å². The van der Waals surface area contributed by atoms with Crippen molar-refractivity contribution in [2.75, 3.05) is 0 Å². The van der Waals surface area contributed by atoms with Gasteiger partial charge in [0.2, 0.25) is 0 Å². The maximum absolute atomic E-state index is 6.17. The molecule has 0 radical (unpaired) electrons. The van der Waals surface area contributed by atoms with Crippen LogP contribution in [0.25, 0.3) is 11.1 Å². The molecule has 0 aliphatic rings. The van der Waals surface area contributed by atoms with Crippen LogP contribution in [0, 0.1) is 0 Å². The summed E-state index contributed by atoms with van der Waals surface area (Å²) in [5.74, 6) is 0.472. The average molecular weight is 316 g/mol. The van der Waals surface area contributed by atoms with E-state index in [0.717, 1.165) is 26.2 Å². The molecular weight excluding hydrogens is 307 g/mol. The molecule has 0 bridgehead atoms. The topological polar surface area (TPSA) is 0 Å². The number of halogens is 3. The summed E-state index contributed by atoms with van der Waals surface area (Å²) in [6.45, 7) is 0. The fraction of sp³-hybridized carbons (Fsp3) is 0.0769. The van der Waals surface area contributed by atoms with E-state index in [4.69, 9.17) is 23.2 Å². The van der Waals surface area contributed by atoms with Gasteiger partial charge in [-0.2, -0.15) is 0 Å². The molecule has 82 valence electrons. The van der Waals surface area contributed by atoms with E-state index in [2.05, 4.69) is 15.9 Å². The predicted octanol–water partition coefficient (Wildman–Crippen LogP) is 5.51. The monoisotopic (exact) mass is 314 g/mol. The first kappa shape index (κ1) is 12.0. The highest BCUT2D eigenvalue weighted by Crippen LogP contribution is 2.32. The highest BCUT2D eigenvalue weighted by Gasteiger charge is 2.07. The van der Waals surface area contributed by atoms with Crippen molar-refractivity contribution in [3.8, 4) is 11.1 Å². The summed E-state index contributed by atoms with van der Waals surface area (Å²) in [5.41, 5.74) is 3.18.